The number of rotatable bonds is 1. The second kappa shape index (κ2) is 4.75. The van der Waals surface area contributed by atoms with Gasteiger partial charge in [-0.3, -0.25) is 0 Å². The van der Waals surface area contributed by atoms with Gasteiger partial charge in [0.05, 0.1) is 4.88 Å². The maximum absolute atomic E-state index is 10.9. The van der Waals surface area contributed by atoms with E-state index in [1.807, 2.05) is 17.5 Å². The molecule has 2 aromatic rings. The topological polar surface area (TPSA) is 20.2 Å². The van der Waals surface area contributed by atoms with Crippen LogP contribution in [0.3, 0.4) is 0 Å². The van der Waals surface area contributed by atoms with Crippen molar-refractivity contribution < 1.29 is 5.11 Å². The molecule has 1 heterocycles. The molecule has 0 saturated carbocycles. The van der Waals surface area contributed by atoms with Crippen LogP contribution < -0.4 is 0 Å². The zero-order chi connectivity index (χ0) is 12.8. The number of fused-ring (bicyclic) bond motifs is 1. The van der Waals surface area contributed by atoms with E-state index in [-0.39, 0.29) is 0 Å². The maximum Gasteiger partial charge on any atom is 0.104 e. The van der Waals surface area contributed by atoms with Gasteiger partial charge < -0.3 is 5.11 Å². The predicted octanol–water partition coefficient (Wildman–Crippen LogP) is 4.65. The van der Waals surface area contributed by atoms with Crippen LogP contribution in [0.15, 0.2) is 38.6 Å². The molecule has 1 nitrogen and oxygen atoms in total. The van der Waals surface area contributed by atoms with Crippen LogP contribution >= 0.6 is 43.2 Å². The molecule has 1 N–H and O–H groups in total. The first-order valence-electron chi connectivity index (χ1n) is 5.82. The van der Waals surface area contributed by atoms with E-state index in [2.05, 4.69) is 44.0 Å². The lowest BCUT2D eigenvalue weighted by Crippen LogP contribution is -2.32. The van der Waals surface area contributed by atoms with Gasteiger partial charge in [0.1, 0.15) is 5.60 Å². The minimum atomic E-state index is -0.714. The van der Waals surface area contributed by atoms with E-state index in [1.165, 1.54) is 11.1 Å². The number of halogens is 2. The fraction of sp³-hybridized carbons (Fsp3) is 0.286. The Kier molecular flexibility index (Phi) is 3.39. The summed E-state index contributed by atoms with van der Waals surface area (Å²) in [6.07, 6.45) is 2.42. The summed E-state index contributed by atoms with van der Waals surface area (Å²) in [5.74, 6) is 0. The number of aliphatic hydroxyl groups is 1. The van der Waals surface area contributed by atoms with E-state index < -0.39 is 5.60 Å². The molecule has 0 amide bonds. The lowest BCUT2D eigenvalue weighted by Gasteiger charge is -2.33. The van der Waals surface area contributed by atoms with Gasteiger partial charge in [0.2, 0.25) is 0 Å². The molecule has 1 aromatic heterocycles. The van der Waals surface area contributed by atoms with Crippen molar-refractivity contribution in [3.05, 3.63) is 54.6 Å². The predicted molar refractivity (Wildman–Crippen MR) is 82.1 cm³/mol. The van der Waals surface area contributed by atoms with Gasteiger partial charge in [-0.25, -0.2) is 0 Å². The zero-order valence-corrected chi connectivity index (χ0v) is 13.6. The summed E-state index contributed by atoms with van der Waals surface area (Å²) >= 11 is 8.66. The molecular formula is C14H12Br2OS. The first-order chi connectivity index (χ1) is 8.58. The summed E-state index contributed by atoms with van der Waals surface area (Å²) in [6.45, 7) is 0. The number of aryl methyl sites for hydroxylation is 1. The monoisotopic (exact) mass is 386 g/mol. The van der Waals surface area contributed by atoms with Crippen LogP contribution in [-0.4, -0.2) is 5.11 Å². The van der Waals surface area contributed by atoms with Crippen LogP contribution in [0.1, 0.15) is 22.4 Å². The van der Waals surface area contributed by atoms with Gasteiger partial charge in [-0.05, 0) is 63.5 Å². The number of thiophene rings is 1. The molecule has 1 unspecified atom stereocenters. The summed E-state index contributed by atoms with van der Waals surface area (Å²) < 4.78 is 2.14. The van der Waals surface area contributed by atoms with Gasteiger partial charge in [-0.1, -0.05) is 22.0 Å². The van der Waals surface area contributed by atoms with Gasteiger partial charge in [-0.2, -0.15) is 0 Å². The Morgan fingerprint density at radius 2 is 2.00 bits per heavy atom. The third-order valence-electron chi connectivity index (χ3n) is 3.50. The molecule has 0 saturated heterocycles. The van der Waals surface area contributed by atoms with Gasteiger partial charge >= 0.3 is 0 Å². The normalized spacial score (nSPS) is 22.8. The zero-order valence-electron chi connectivity index (χ0n) is 9.62. The van der Waals surface area contributed by atoms with Crippen LogP contribution in [0.4, 0.5) is 0 Å². The molecule has 3 rings (SSSR count). The summed E-state index contributed by atoms with van der Waals surface area (Å²) in [6, 6.07) is 8.34. The van der Waals surface area contributed by atoms with Crippen molar-refractivity contribution in [1.29, 1.82) is 0 Å². The average Bonchev–Trinajstić information content (AvgIpc) is 2.77. The first kappa shape index (κ1) is 12.9. The second-order valence-corrected chi connectivity index (χ2v) is 7.41. The molecule has 1 aromatic carbocycles. The van der Waals surface area contributed by atoms with E-state index in [4.69, 9.17) is 0 Å². The number of benzene rings is 1. The van der Waals surface area contributed by atoms with E-state index in [9.17, 15) is 5.11 Å². The molecule has 0 radical (unpaired) electrons. The molecule has 1 atom stereocenters. The lowest BCUT2D eigenvalue weighted by atomic mass is 9.80. The van der Waals surface area contributed by atoms with E-state index in [0.29, 0.717) is 6.42 Å². The quantitative estimate of drug-likeness (QED) is 0.754. The Hall–Kier alpha value is -0.160. The van der Waals surface area contributed by atoms with E-state index >= 15 is 0 Å². The molecule has 0 fully saturated rings. The minimum Gasteiger partial charge on any atom is -0.384 e. The Labute approximate surface area is 127 Å². The van der Waals surface area contributed by atoms with Crippen molar-refractivity contribution in [3.63, 3.8) is 0 Å². The Morgan fingerprint density at radius 1 is 1.17 bits per heavy atom. The fourth-order valence-electron chi connectivity index (χ4n) is 2.56. The average molecular weight is 388 g/mol. The van der Waals surface area contributed by atoms with Crippen molar-refractivity contribution in [2.24, 2.45) is 0 Å². The highest BCUT2D eigenvalue weighted by atomic mass is 79.9. The second-order valence-electron chi connectivity index (χ2n) is 4.72. The Balaban J connectivity index is 1.99. The van der Waals surface area contributed by atoms with Gasteiger partial charge in [0.25, 0.3) is 0 Å². The lowest BCUT2D eigenvalue weighted by molar-refractivity contribution is 0.0253. The summed E-state index contributed by atoms with van der Waals surface area (Å²) in [5.41, 5.74) is 1.89. The number of hydrogen-bond donors (Lipinski definition) is 1. The highest BCUT2D eigenvalue weighted by Crippen LogP contribution is 2.42. The number of hydrogen-bond acceptors (Lipinski definition) is 2. The standard InChI is InChI=1S/C14H12Br2OS/c15-11-2-1-10-8-14(17,5-3-9(10)7-11)13-12(16)4-6-18-13/h1-2,4,6-7,17H,3,5,8H2. The van der Waals surface area contributed by atoms with Crippen LogP contribution in [-0.2, 0) is 18.4 Å². The molecule has 94 valence electrons. The SMILES string of the molecule is OC1(c2sccc2Br)CCc2cc(Br)ccc2C1. The van der Waals surface area contributed by atoms with E-state index in [0.717, 1.165) is 26.7 Å². The van der Waals surface area contributed by atoms with Crippen molar-refractivity contribution in [2.75, 3.05) is 0 Å². The van der Waals surface area contributed by atoms with Gasteiger partial charge in [0, 0.05) is 15.4 Å². The molecule has 1 aliphatic carbocycles. The Bertz CT molecular complexity index is 593. The highest BCUT2D eigenvalue weighted by Gasteiger charge is 2.36. The van der Waals surface area contributed by atoms with Crippen molar-refractivity contribution in [2.45, 2.75) is 24.9 Å². The molecule has 4 heteroatoms. The van der Waals surface area contributed by atoms with Crippen molar-refractivity contribution in [3.8, 4) is 0 Å². The van der Waals surface area contributed by atoms with Crippen LogP contribution in [0.2, 0.25) is 0 Å². The van der Waals surface area contributed by atoms with Crippen LogP contribution in [0, 0.1) is 0 Å². The van der Waals surface area contributed by atoms with Gasteiger partial charge in [0.15, 0.2) is 0 Å². The summed E-state index contributed by atoms with van der Waals surface area (Å²) in [4.78, 5) is 1.05. The van der Waals surface area contributed by atoms with Gasteiger partial charge in [-0.15, -0.1) is 11.3 Å². The molecule has 0 bridgehead atoms. The highest BCUT2D eigenvalue weighted by molar-refractivity contribution is 9.10. The summed E-state index contributed by atoms with van der Waals surface area (Å²) in [5, 5.41) is 12.9. The smallest absolute Gasteiger partial charge is 0.104 e. The third kappa shape index (κ3) is 2.20. The van der Waals surface area contributed by atoms with Crippen LogP contribution in [0.5, 0.6) is 0 Å². The van der Waals surface area contributed by atoms with Crippen molar-refractivity contribution >= 4 is 43.2 Å². The fourth-order valence-corrected chi connectivity index (χ4v) is 4.84. The molecular weight excluding hydrogens is 376 g/mol. The Morgan fingerprint density at radius 3 is 2.72 bits per heavy atom. The molecule has 18 heavy (non-hydrogen) atoms. The first-order valence-corrected chi connectivity index (χ1v) is 8.28. The largest absolute Gasteiger partial charge is 0.384 e. The van der Waals surface area contributed by atoms with Crippen LogP contribution in [0.25, 0.3) is 0 Å². The molecule has 0 aliphatic heterocycles. The van der Waals surface area contributed by atoms with Crippen molar-refractivity contribution in [1.82, 2.24) is 0 Å². The summed E-state index contributed by atoms with van der Waals surface area (Å²) in [7, 11) is 0. The molecule has 0 spiro atoms. The third-order valence-corrected chi connectivity index (χ3v) is 6.02. The minimum absolute atomic E-state index is 0.703. The maximum atomic E-state index is 10.9. The molecule has 1 aliphatic rings. The van der Waals surface area contributed by atoms with E-state index in [1.54, 1.807) is 11.3 Å².